The summed E-state index contributed by atoms with van der Waals surface area (Å²) in [6.07, 6.45) is 3.52. The van der Waals surface area contributed by atoms with E-state index in [1.165, 1.54) is 0 Å². The molecule has 3 nitrogen and oxygen atoms in total. The molecule has 0 saturated heterocycles. The third-order valence-electron chi connectivity index (χ3n) is 3.24. The topological polar surface area (TPSA) is 52.9 Å². The van der Waals surface area contributed by atoms with Crippen LogP contribution in [0.3, 0.4) is 0 Å². The third-order valence-corrected chi connectivity index (χ3v) is 3.24. The highest BCUT2D eigenvalue weighted by molar-refractivity contribution is 6.07. The van der Waals surface area contributed by atoms with Crippen LogP contribution in [0.5, 0.6) is 0 Å². The van der Waals surface area contributed by atoms with E-state index >= 15 is 0 Å². The predicted molar refractivity (Wildman–Crippen MR) is 93.6 cm³/mol. The summed E-state index contributed by atoms with van der Waals surface area (Å²) in [4.78, 5) is 12.2. The van der Waals surface area contributed by atoms with Gasteiger partial charge in [-0.3, -0.25) is 4.79 Å². The van der Waals surface area contributed by atoms with Crippen molar-refractivity contribution in [3.05, 3.63) is 82.9 Å². The van der Waals surface area contributed by atoms with E-state index in [0.717, 1.165) is 16.7 Å². The Hall–Kier alpha value is -3.12. The SMILES string of the molecule is CC(=C/c1ccccc1)/C=C(/C#N)C(=O)Nc1ccc(C)cc1. The molecular weight excluding hydrogens is 284 g/mol. The minimum absolute atomic E-state index is 0.0789. The first kappa shape index (κ1) is 16.3. The Labute approximate surface area is 136 Å². The van der Waals surface area contributed by atoms with Crippen LogP contribution in [0.2, 0.25) is 0 Å². The third kappa shape index (κ3) is 4.98. The molecule has 114 valence electrons. The summed E-state index contributed by atoms with van der Waals surface area (Å²) in [6.45, 7) is 3.84. The van der Waals surface area contributed by atoms with Gasteiger partial charge in [-0.25, -0.2) is 0 Å². The molecule has 0 atom stereocenters. The number of hydrogen-bond donors (Lipinski definition) is 1. The van der Waals surface area contributed by atoms with E-state index in [1.54, 1.807) is 6.08 Å². The molecule has 0 radical (unpaired) electrons. The Morgan fingerprint density at radius 2 is 1.74 bits per heavy atom. The first-order valence-electron chi connectivity index (χ1n) is 7.31. The van der Waals surface area contributed by atoms with Gasteiger partial charge in [-0.2, -0.15) is 5.26 Å². The number of carbonyl (C=O) groups is 1. The molecule has 0 spiro atoms. The molecule has 23 heavy (non-hydrogen) atoms. The van der Waals surface area contributed by atoms with Crippen molar-refractivity contribution in [2.24, 2.45) is 0 Å². The Morgan fingerprint density at radius 3 is 2.35 bits per heavy atom. The van der Waals surface area contributed by atoms with Gasteiger partial charge in [0.25, 0.3) is 5.91 Å². The lowest BCUT2D eigenvalue weighted by Crippen LogP contribution is -2.13. The quantitative estimate of drug-likeness (QED) is 0.514. The number of amides is 1. The van der Waals surface area contributed by atoms with E-state index in [1.807, 2.05) is 80.6 Å². The first-order valence-corrected chi connectivity index (χ1v) is 7.31. The van der Waals surface area contributed by atoms with Crippen LogP contribution >= 0.6 is 0 Å². The van der Waals surface area contributed by atoms with E-state index in [2.05, 4.69) is 5.32 Å². The second-order valence-electron chi connectivity index (χ2n) is 5.29. The fraction of sp³-hybridized carbons (Fsp3) is 0.100. The average molecular weight is 302 g/mol. The molecule has 0 aliphatic heterocycles. The maximum absolute atomic E-state index is 12.2. The minimum atomic E-state index is -0.405. The number of allylic oxidation sites excluding steroid dienone is 2. The maximum atomic E-state index is 12.2. The van der Waals surface area contributed by atoms with Crippen LogP contribution in [0, 0.1) is 18.3 Å². The molecule has 1 N–H and O–H groups in total. The summed E-state index contributed by atoms with van der Waals surface area (Å²) in [6, 6.07) is 19.2. The standard InChI is InChI=1S/C20H18N2O/c1-15-8-10-19(11-9-15)22-20(23)18(14-21)13-16(2)12-17-6-4-3-5-7-17/h3-13H,1-2H3,(H,22,23)/b16-12-,18-13-. The van der Waals surface area contributed by atoms with E-state index in [9.17, 15) is 10.1 Å². The normalized spacial score (nSPS) is 11.7. The molecule has 0 aliphatic carbocycles. The maximum Gasteiger partial charge on any atom is 0.266 e. The number of anilines is 1. The molecule has 2 aromatic carbocycles. The molecule has 0 unspecified atom stereocenters. The first-order chi connectivity index (χ1) is 11.1. The van der Waals surface area contributed by atoms with Gasteiger partial charge in [0, 0.05) is 5.69 Å². The Kier molecular flexibility index (Phi) is 5.49. The summed E-state index contributed by atoms with van der Waals surface area (Å²) in [5.74, 6) is -0.405. The van der Waals surface area contributed by atoms with Gasteiger partial charge in [-0.1, -0.05) is 54.1 Å². The largest absolute Gasteiger partial charge is 0.321 e. The Morgan fingerprint density at radius 1 is 1.09 bits per heavy atom. The molecule has 0 saturated carbocycles. The zero-order valence-electron chi connectivity index (χ0n) is 13.2. The minimum Gasteiger partial charge on any atom is -0.321 e. The molecule has 0 heterocycles. The van der Waals surface area contributed by atoms with Crippen molar-refractivity contribution in [2.75, 3.05) is 5.32 Å². The van der Waals surface area contributed by atoms with Gasteiger partial charge in [0.1, 0.15) is 11.6 Å². The van der Waals surface area contributed by atoms with Crippen LogP contribution in [0.25, 0.3) is 6.08 Å². The summed E-state index contributed by atoms with van der Waals surface area (Å²) in [7, 11) is 0. The monoisotopic (exact) mass is 302 g/mol. The highest BCUT2D eigenvalue weighted by atomic mass is 16.1. The molecular formula is C20H18N2O. The lowest BCUT2D eigenvalue weighted by Gasteiger charge is -2.04. The lowest BCUT2D eigenvalue weighted by atomic mass is 10.1. The van der Waals surface area contributed by atoms with Gasteiger partial charge in [0.05, 0.1) is 0 Å². The number of hydrogen-bond acceptors (Lipinski definition) is 2. The fourth-order valence-electron chi connectivity index (χ4n) is 2.07. The Balaban J connectivity index is 2.15. The van der Waals surface area contributed by atoms with Gasteiger partial charge in [0.15, 0.2) is 0 Å². The van der Waals surface area contributed by atoms with Crippen LogP contribution in [0.4, 0.5) is 5.69 Å². The van der Waals surface area contributed by atoms with Crippen LogP contribution in [0.1, 0.15) is 18.1 Å². The zero-order chi connectivity index (χ0) is 16.7. The molecule has 3 heteroatoms. The molecule has 0 aromatic heterocycles. The number of rotatable bonds is 4. The summed E-state index contributed by atoms with van der Waals surface area (Å²) >= 11 is 0. The van der Waals surface area contributed by atoms with Gasteiger partial charge in [-0.15, -0.1) is 0 Å². The number of nitrogens with one attached hydrogen (secondary N) is 1. The van der Waals surface area contributed by atoms with Gasteiger partial charge in [-0.05, 0) is 43.2 Å². The lowest BCUT2D eigenvalue weighted by molar-refractivity contribution is -0.112. The van der Waals surface area contributed by atoms with Crippen molar-refractivity contribution in [3.8, 4) is 6.07 Å². The van der Waals surface area contributed by atoms with E-state index < -0.39 is 5.91 Å². The zero-order valence-corrected chi connectivity index (χ0v) is 13.2. The van der Waals surface area contributed by atoms with Crippen molar-refractivity contribution < 1.29 is 4.79 Å². The van der Waals surface area contributed by atoms with Gasteiger partial charge in [0.2, 0.25) is 0 Å². The fourth-order valence-corrected chi connectivity index (χ4v) is 2.07. The van der Waals surface area contributed by atoms with E-state index in [4.69, 9.17) is 0 Å². The van der Waals surface area contributed by atoms with Crippen molar-refractivity contribution in [1.82, 2.24) is 0 Å². The van der Waals surface area contributed by atoms with Crippen LogP contribution in [-0.2, 0) is 4.79 Å². The van der Waals surface area contributed by atoms with E-state index in [0.29, 0.717) is 5.69 Å². The molecule has 1 amide bonds. The van der Waals surface area contributed by atoms with Crippen LogP contribution < -0.4 is 5.32 Å². The number of benzene rings is 2. The van der Waals surface area contributed by atoms with E-state index in [-0.39, 0.29) is 5.57 Å². The Bertz CT molecular complexity index is 779. The average Bonchev–Trinajstić information content (AvgIpc) is 2.55. The van der Waals surface area contributed by atoms with Crippen molar-refractivity contribution >= 4 is 17.7 Å². The second-order valence-corrected chi connectivity index (χ2v) is 5.29. The number of aryl methyl sites for hydroxylation is 1. The summed E-state index contributed by atoms with van der Waals surface area (Å²) < 4.78 is 0. The molecule has 2 rings (SSSR count). The molecule has 0 fully saturated rings. The second kappa shape index (κ2) is 7.77. The smallest absolute Gasteiger partial charge is 0.266 e. The number of nitriles is 1. The summed E-state index contributed by atoms with van der Waals surface area (Å²) in [5, 5.41) is 12.0. The molecule has 0 bridgehead atoms. The van der Waals surface area contributed by atoms with Crippen molar-refractivity contribution in [1.29, 1.82) is 5.26 Å². The molecule has 2 aromatic rings. The van der Waals surface area contributed by atoms with Crippen LogP contribution in [-0.4, -0.2) is 5.91 Å². The predicted octanol–water partition coefficient (Wildman–Crippen LogP) is 4.49. The highest BCUT2D eigenvalue weighted by Crippen LogP contribution is 2.12. The highest BCUT2D eigenvalue weighted by Gasteiger charge is 2.09. The number of carbonyl (C=O) groups excluding carboxylic acids is 1. The number of nitrogens with zero attached hydrogens (tertiary/aromatic N) is 1. The van der Waals surface area contributed by atoms with Gasteiger partial charge >= 0.3 is 0 Å². The van der Waals surface area contributed by atoms with Crippen LogP contribution in [0.15, 0.2) is 71.8 Å². The van der Waals surface area contributed by atoms with Crippen molar-refractivity contribution in [2.45, 2.75) is 13.8 Å². The molecule has 0 aliphatic rings. The summed E-state index contributed by atoms with van der Waals surface area (Å²) in [5.41, 5.74) is 3.73. The van der Waals surface area contributed by atoms with Crippen molar-refractivity contribution in [3.63, 3.8) is 0 Å². The van der Waals surface area contributed by atoms with Gasteiger partial charge < -0.3 is 5.32 Å².